The van der Waals surface area contributed by atoms with E-state index in [1.807, 2.05) is 26.0 Å². The standard InChI is InChI=1S/C21H20BrN7O2/c1-5-6-7-27-17-18(23-20(27)22)26(4)21(31)28(19(17)30)11-15-12-29(25-24-15)16-9-13(2)8-14(3)10-16/h8-10,12H,7,11H2,1-4H3. The van der Waals surface area contributed by atoms with Gasteiger partial charge in [0, 0.05) is 7.05 Å². The number of rotatable bonds is 4. The zero-order valence-electron chi connectivity index (χ0n) is 17.5. The van der Waals surface area contributed by atoms with Crippen LogP contribution in [-0.4, -0.2) is 33.7 Å². The van der Waals surface area contributed by atoms with Gasteiger partial charge in [-0.25, -0.2) is 14.5 Å². The van der Waals surface area contributed by atoms with Gasteiger partial charge in [-0.05, 0) is 60.0 Å². The number of hydrogen-bond acceptors (Lipinski definition) is 5. The number of halogens is 1. The first-order valence-corrected chi connectivity index (χ1v) is 10.3. The molecule has 0 N–H and O–H groups in total. The fourth-order valence-electron chi connectivity index (χ4n) is 3.53. The fourth-order valence-corrected chi connectivity index (χ4v) is 4.00. The molecule has 9 nitrogen and oxygen atoms in total. The molecule has 0 atom stereocenters. The van der Waals surface area contributed by atoms with Gasteiger partial charge >= 0.3 is 5.69 Å². The van der Waals surface area contributed by atoms with Gasteiger partial charge in [0.25, 0.3) is 5.56 Å². The molecule has 0 fully saturated rings. The first-order valence-electron chi connectivity index (χ1n) is 9.55. The van der Waals surface area contributed by atoms with E-state index in [2.05, 4.69) is 49.1 Å². The fraction of sp³-hybridized carbons (Fsp3) is 0.286. The predicted octanol–water partition coefficient (Wildman–Crippen LogP) is 1.93. The molecule has 0 aliphatic heterocycles. The monoisotopic (exact) mass is 481 g/mol. The third kappa shape index (κ3) is 3.72. The van der Waals surface area contributed by atoms with E-state index >= 15 is 0 Å². The van der Waals surface area contributed by atoms with E-state index in [1.165, 1.54) is 4.57 Å². The summed E-state index contributed by atoms with van der Waals surface area (Å²) < 4.78 is 6.22. The molecular formula is C21H20BrN7O2. The highest BCUT2D eigenvalue weighted by molar-refractivity contribution is 9.10. The Morgan fingerprint density at radius 3 is 2.48 bits per heavy atom. The van der Waals surface area contributed by atoms with E-state index in [0.717, 1.165) is 21.4 Å². The number of aromatic nitrogens is 7. The summed E-state index contributed by atoms with van der Waals surface area (Å²) in [5.74, 6) is 5.73. The van der Waals surface area contributed by atoms with Crippen LogP contribution in [0, 0.1) is 25.7 Å². The Bertz CT molecular complexity index is 1470. The lowest BCUT2D eigenvalue weighted by molar-refractivity contribution is 0.643. The van der Waals surface area contributed by atoms with Crippen molar-refractivity contribution in [1.29, 1.82) is 0 Å². The van der Waals surface area contributed by atoms with Crippen LogP contribution in [0.25, 0.3) is 16.9 Å². The summed E-state index contributed by atoms with van der Waals surface area (Å²) in [6.45, 7) is 6.02. The molecule has 0 spiro atoms. The molecule has 10 heteroatoms. The highest BCUT2D eigenvalue weighted by Gasteiger charge is 2.19. The molecule has 3 aromatic heterocycles. The van der Waals surface area contributed by atoms with Crippen LogP contribution in [0.3, 0.4) is 0 Å². The van der Waals surface area contributed by atoms with Crippen LogP contribution in [0.2, 0.25) is 0 Å². The molecule has 158 valence electrons. The van der Waals surface area contributed by atoms with Crippen LogP contribution >= 0.6 is 15.9 Å². The minimum atomic E-state index is -0.475. The lowest BCUT2D eigenvalue weighted by atomic mass is 10.1. The van der Waals surface area contributed by atoms with Crippen molar-refractivity contribution < 1.29 is 0 Å². The third-order valence-corrected chi connectivity index (χ3v) is 5.54. The Morgan fingerprint density at radius 2 is 1.81 bits per heavy atom. The molecule has 3 heterocycles. The van der Waals surface area contributed by atoms with E-state index < -0.39 is 11.2 Å². The molecule has 0 saturated carbocycles. The van der Waals surface area contributed by atoms with Crippen LogP contribution in [0.4, 0.5) is 0 Å². The van der Waals surface area contributed by atoms with Crippen molar-refractivity contribution in [2.45, 2.75) is 33.9 Å². The second-order valence-electron chi connectivity index (χ2n) is 7.30. The van der Waals surface area contributed by atoms with Crippen molar-refractivity contribution in [2.24, 2.45) is 7.05 Å². The summed E-state index contributed by atoms with van der Waals surface area (Å²) in [6, 6.07) is 6.06. The molecule has 0 unspecified atom stereocenters. The molecule has 0 saturated heterocycles. The normalized spacial score (nSPS) is 11.0. The van der Waals surface area contributed by atoms with Gasteiger partial charge in [-0.1, -0.05) is 17.2 Å². The van der Waals surface area contributed by atoms with Crippen LogP contribution in [0.1, 0.15) is 23.7 Å². The second kappa shape index (κ2) is 8.00. The number of aryl methyl sites for hydroxylation is 3. The Morgan fingerprint density at radius 1 is 1.10 bits per heavy atom. The van der Waals surface area contributed by atoms with Crippen molar-refractivity contribution in [3.05, 3.63) is 66.8 Å². The first kappa shape index (κ1) is 20.8. The lowest BCUT2D eigenvalue weighted by Crippen LogP contribution is -2.40. The van der Waals surface area contributed by atoms with Gasteiger partial charge in [0.1, 0.15) is 5.69 Å². The maximum absolute atomic E-state index is 13.2. The van der Waals surface area contributed by atoms with E-state index in [1.54, 1.807) is 29.4 Å². The second-order valence-corrected chi connectivity index (χ2v) is 8.01. The van der Waals surface area contributed by atoms with Crippen molar-refractivity contribution in [2.75, 3.05) is 0 Å². The minimum Gasteiger partial charge on any atom is -0.301 e. The SMILES string of the molecule is CC#CCn1c(Br)nc2c1c(=O)n(Cc1cn(-c3cc(C)cc(C)c3)nn1)c(=O)n2C. The molecule has 4 aromatic rings. The summed E-state index contributed by atoms with van der Waals surface area (Å²) in [5, 5.41) is 8.34. The largest absolute Gasteiger partial charge is 0.332 e. The zero-order valence-corrected chi connectivity index (χ0v) is 19.1. The first-order chi connectivity index (χ1) is 14.8. The smallest absolute Gasteiger partial charge is 0.301 e. The van der Waals surface area contributed by atoms with Gasteiger partial charge < -0.3 is 4.57 Å². The molecule has 31 heavy (non-hydrogen) atoms. The zero-order chi connectivity index (χ0) is 22.3. The average molecular weight is 482 g/mol. The van der Waals surface area contributed by atoms with E-state index in [4.69, 9.17) is 0 Å². The van der Waals surface area contributed by atoms with Crippen LogP contribution in [-0.2, 0) is 20.1 Å². The average Bonchev–Trinajstić information content (AvgIpc) is 3.32. The number of hydrogen-bond donors (Lipinski definition) is 0. The summed E-state index contributed by atoms with van der Waals surface area (Å²) in [5.41, 5.74) is 3.26. The highest BCUT2D eigenvalue weighted by Crippen LogP contribution is 2.16. The summed E-state index contributed by atoms with van der Waals surface area (Å²) in [7, 11) is 1.59. The van der Waals surface area contributed by atoms with Crippen LogP contribution in [0.5, 0.6) is 0 Å². The summed E-state index contributed by atoms with van der Waals surface area (Å²) in [6.07, 6.45) is 1.72. The molecular weight excluding hydrogens is 462 g/mol. The van der Waals surface area contributed by atoms with Gasteiger partial charge in [0.05, 0.1) is 25.0 Å². The van der Waals surface area contributed by atoms with E-state index in [0.29, 0.717) is 21.6 Å². The van der Waals surface area contributed by atoms with Gasteiger partial charge in [0.15, 0.2) is 15.9 Å². The van der Waals surface area contributed by atoms with E-state index in [9.17, 15) is 9.59 Å². The molecule has 0 amide bonds. The van der Waals surface area contributed by atoms with Gasteiger partial charge in [0.2, 0.25) is 0 Å². The maximum Gasteiger partial charge on any atom is 0.332 e. The van der Waals surface area contributed by atoms with Gasteiger partial charge in [-0.2, -0.15) is 0 Å². The Kier molecular flexibility index (Phi) is 5.37. The topological polar surface area (TPSA) is 92.5 Å². The third-order valence-electron chi connectivity index (χ3n) is 4.93. The quantitative estimate of drug-likeness (QED) is 0.328. The number of nitrogens with zero attached hydrogens (tertiary/aromatic N) is 7. The number of imidazole rings is 1. The molecule has 0 aliphatic carbocycles. The molecule has 0 bridgehead atoms. The van der Waals surface area contributed by atoms with Crippen molar-refractivity contribution in [3.8, 4) is 17.5 Å². The molecule has 0 radical (unpaired) electrons. The van der Waals surface area contributed by atoms with Crippen molar-refractivity contribution in [1.82, 2.24) is 33.7 Å². The lowest BCUT2D eigenvalue weighted by Gasteiger charge is -2.07. The Balaban J connectivity index is 1.80. The minimum absolute atomic E-state index is 0.00546. The predicted molar refractivity (Wildman–Crippen MR) is 120 cm³/mol. The Hall–Kier alpha value is -3.45. The number of benzene rings is 1. The van der Waals surface area contributed by atoms with E-state index in [-0.39, 0.29) is 13.1 Å². The van der Waals surface area contributed by atoms with Crippen LogP contribution in [0.15, 0.2) is 38.7 Å². The van der Waals surface area contributed by atoms with Gasteiger partial charge in [-0.3, -0.25) is 13.9 Å². The Labute approximate surface area is 186 Å². The molecule has 4 rings (SSSR count). The highest BCUT2D eigenvalue weighted by atomic mass is 79.9. The number of fused-ring (bicyclic) bond motifs is 1. The van der Waals surface area contributed by atoms with Gasteiger partial charge in [-0.15, -0.1) is 11.0 Å². The van der Waals surface area contributed by atoms with Crippen molar-refractivity contribution in [3.63, 3.8) is 0 Å². The summed E-state index contributed by atoms with van der Waals surface area (Å²) >= 11 is 3.36. The van der Waals surface area contributed by atoms with Crippen LogP contribution < -0.4 is 11.2 Å². The molecule has 0 aliphatic rings. The summed E-state index contributed by atoms with van der Waals surface area (Å²) in [4.78, 5) is 30.4. The molecule has 1 aromatic carbocycles. The maximum atomic E-state index is 13.2. The van der Waals surface area contributed by atoms with Crippen molar-refractivity contribution >= 4 is 27.1 Å².